The van der Waals surface area contributed by atoms with Crippen molar-refractivity contribution in [3.63, 3.8) is 0 Å². The Hall–Kier alpha value is -1.19. The highest BCUT2D eigenvalue weighted by molar-refractivity contribution is 7.89. The van der Waals surface area contributed by atoms with Gasteiger partial charge in [0.2, 0.25) is 10.0 Å². The van der Waals surface area contributed by atoms with Crippen LogP contribution in [0.5, 0.6) is 0 Å². The summed E-state index contributed by atoms with van der Waals surface area (Å²) in [6.07, 6.45) is 0. The Kier molecular flexibility index (Phi) is 4.88. The van der Waals surface area contributed by atoms with Gasteiger partial charge in [-0.15, -0.1) is 0 Å². The van der Waals surface area contributed by atoms with Crippen LogP contribution in [0.15, 0.2) is 23.1 Å². The van der Waals surface area contributed by atoms with E-state index < -0.39 is 35.4 Å². The number of aliphatic hydroxyl groups excluding tert-OH is 3. The van der Waals surface area contributed by atoms with Gasteiger partial charge < -0.3 is 21.1 Å². The molecule has 8 heteroatoms. The Balaban J connectivity index is 3.14. The number of sulfonamides is 1. The highest BCUT2D eigenvalue weighted by Gasteiger charge is 2.33. The van der Waals surface area contributed by atoms with Gasteiger partial charge in [0, 0.05) is 5.69 Å². The number of anilines is 1. The van der Waals surface area contributed by atoms with Gasteiger partial charge in [-0.3, -0.25) is 0 Å². The van der Waals surface area contributed by atoms with E-state index in [2.05, 4.69) is 4.72 Å². The molecule has 0 amide bonds. The van der Waals surface area contributed by atoms with Crippen molar-refractivity contribution in [2.24, 2.45) is 0 Å². The van der Waals surface area contributed by atoms with Crippen molar-refractivity contribution in [1.82, 2.24) is 4.72 Å². The molecule has 0 aliphatic rings. The van der Waals surface area contributed by atoms with Crippen LogP contribution in [-0.4, -0.2) is 49.1 Å². The molecule has 1 rings (SSSR count). The molecule has 1 aromatic rings. The van der Waals surface area contributed by atoms with E-state index in [1.54, 1.807) is 13.0 Å². The van der Waals surface area contributed by atoms with E-state index >= 15 is 0 Å². The summed E-state index contributed by atoms with van der Waals surface area (Å²) >= 11 is 0. The third-order valence-corrected chi connectivity index (χ3v) is 4.40. The second kappa shape index (κ2) is 5.85. The van der Waals surface area contributed by atoms with Crippen LogP contribution in [0.2, 0.25) is 0 Å². The lowest BCUT2D eigenvalue weighted by Gasteiger charge is -2.28. The van der Waals surface area contributed by atoms with Crippen LogP contribution in [0.3, 0.4) is 0 Å². The van der Waals surface area contributed by atoms with Crippen LogP contribution in [0.4, 0.5) is 5.69 Å². The fraction of sp³-hybridized carbons (Fsp3) is 0.455. The van der Waals surface area contributed by atoms with E-state index in [1.165, 1.54) is 12.1 Å². The minimum atomic E-state index is -4.00. The number of nitrogens with one attached hydrogen (secondary N) is 1. The average Bonchev–Trinajstić information content (AvgIpc) is 2.39. The smallest absolute Gasteiger partial charge is 0.241 e. The fourth-order valence-electron chi connectivity index (χ4n) is 1.38. The quantitative estimate of drug-likeness (QED) is 0.408. The first-order valence-electron chi connectivity index (χ1n) is 5.53. The summed E-state index contributed by atoms with van der Waals surface area (Å²) in [5.41, 5.74) is 4.97. The molecule has 108 valence electrons. The summed E-state index contributed by atoms with van der Waals surface area (Å²) in [6.45, 7) is -0.472. The zero-order chi connectivity index (χ0) is 14.7. The van der Waals surface area contributed by atoms with Crippen molar-refractivity contribution in [1.29, 1.82) is 0 Å². The van der Waals surface area contributed by atoms with Crippen molar-refractivity contribution >= 4 is 15.7 Å². The molecule has 0 spiro atoms. The number of hydrogen-bond acceptors (Lipinski definition) is 6. The molecule has 0 aliphatic heterocycles. The van der Waals surface area contributed by atoms with E-state index in [0.717, 1.165) is 5.56 Å². The van der Waals surface area contributed by atoms with Gasteiger partial charge in [0.25, 0.3) is 0 Å². The highest BCUT2D eigenvalue weighted by Crippen LogP contribution is 2.18. The van der Waals surface area contributed by atoms with Gasteiger partial charge in [-0.1, -0.05) is 6.07 Å². The van der Waals surface area contributed by atoms with Crippen molar-refractivity contribution in [3.8, 4) is 0 Å². The lowest BCUT2D eigenvalue weighted by atomic mass is 10.1. The number of aliphatic hydroxyl groups is 3. The highest BCUT2D eigenvalue weighted by atomic mass is 32.2. The largest absolute Gasteiger partial charge is 0.398 e. The maximum atomic E-state index is 12.1. The van der Waals surface area contributed by atoms with E-state index in [0.29, 0.717) is 5.69 Å². The Labute approximate surface area is 111 Å². The summed E-state index contributed by atoms with van der Waals surface area (Å²) in [5.74, 6) is 0. The Morgan fingerprint density at radius 2 is 1.74 bits per heavy atom. The number of nitrogens with two attached hydrogens (primary N) is 1. The standard InChI is InChI=1S/C11H18N2O5S/c1-8-2-3-9(4-10(8)12)19(17,18)13-11(5-14,6-15)7-16/h2-4,13-16H,5-7,12H2,1H3. The zero-order valence-corrected chi connectivity index (χ0v) is 11.3. The Morgan fingerprint density at radius 1 is 1.21 bits per heavy atom. The van der Waals surface area contributed by atoms with Crippen molar-refractivity contribution < 1.29 is 23.7 Å². The Morgan fingerprint density at radius 3 is 2.16 bits per heavy atom. The minimum absolute atomic E-state index is 0.102. The number of benzene rings is 1. The van der Waals surface area contributed by atoms with Gasteiger partial charge in [-0.25, -0.2) is 8.42 Å². The van der Waals surface area contributed by atoms with Crippen molar-refractivity contribution in [2.75, 3.05) is 25.6 Å². The first kappa shape index (κ1) is 15.9. The topological polar surface area (TPSA) is 133 Å². The summed E-state index contributed by atoms with van der Waals surface area (Å²) in [6, 6.07) is 4.17. The molecular weight excluding hydrogens is 272 g/mol. The number of nitrogen functional groups attached to an aromatic ring is 1. The lowest BCUT2D eigenvalue weighted by molar-refractivity contribution is 0.0582. The molecule has 0 bridgehead atoms. The van der Waals surface area contributed by atoms with Crippen molar-refractivity contribution in [2.45, 2.75) is 17.4 Å². The number of rotatable bonds is 6. The molecule has 0 saturated carbocycles. The SMILES string of the molecule is Cc1ccc(S(=O)(=O)NC(CO)(CO)CO)cc1N. The molecule has 19 heavy (non-hydrogen) atoms. The predicted octanol–water partition coefficient (Wildman–Crippen LogP) is -1.43. The van der Waals surface area contributed by atoms with Gasteiger partial charge in [0.15, 0.2) is 0 Å². The molecule has 0 saturated heterocycles. The fourth-order valence-corrected chi connectivity index (χ4v) is 2.79. The van der Waals surface area contributed by atoms with Gasteiger partial charge in [0.05, 0.1) is 24.7 Å². The molecule has 1 aromatic carbocycles. The second-order valence-corrected chi connectivity index (χ2v) is 6.06. The maximum Gasteiger partial charge on any atom is 0.241 e. The number of hydrogen-bond donors (Lipinski definition) is 5. The maximum absolute atomic E-state index is 12.1. The third kappa shape index (κ3) is 3.43. The normalized spacial score (nSPS) is 12.6. The van der Waals surface area contributed by atoms with Crippen LogP contribution >= 0.6 is 0 Å². The van der Waals surface area contributed by atoms with E-state index in [4.69, 9.17) is 21.1 Å². The summed E-state index contributed by atoms with van der Waals surface area (Å²) in [5, 5.41) is 27.3. The van der Waals surface area contributed by atoms with Crippen LogP contribution in [0.25, 0.3) is 0 Å². The van der Waals surface area contributed by atoms with E-state index in [9.17, 15) is 8.42 Å². The summed E-state index contributed by atoms with van der Waals surface area (Å²) in [7, 11) is -4.00. The van der Waals surface area contributed by atoms with Gasteiger partial charge in [0.1, 0.15) is 5.54 Å². The molecule has 0 unspecified atom stereocenters. The molecule has 0 atom stereocenters. The molecular formula is C11H18N2O5S. The first-order chi connectivity index (χ1) is 8.80. The predicted molar refractivity (Wildman–Crippen MR) is 69.9 cm³/mol. The summed E-state index contributed by atoms with van der Waals surface area (Å²) in [4.78, 5) is -0.102. The average molecular weight is 290 g/mol. The Bertz CT molecular complexity index is 532. The zero-order valence-electron chi connectivity index (χ0n) is 10.5. The van der Waals surface area contributed by atoms with Gasteiger partial charge in [-0.2, -0.15) is 4.72 Å². The third-order valence-electron chi connectivity index (χ3n) is 2.82. The van der Waals surface area contributed by atoms with Crippen molar-refractivity contribution in [3.05, 3.63) is 23.8 Å². The van der Waals surface area contributed by atoms with Gasteiger partial charge in [-0.05, 0) is 24.6 Å². The molecule has 0 aromatic heterocycles. The molecule has 6 N–H and O–H groups in total. The van der Waals surface area contributed by atoms with Crippen LogP contribution in [0, 0.1) is 6.92 Å². The molecule has 7 nitrogen and oxygen atoms in total. The summed E-state index contributed by atoms with van der Waals surface area (Å²) < 4.78 is 26.3. The van der Waals surface area contributed by atoms with Crippen LogP contribution < -0.4 is 10.5 Å². The number of aryl methyl sites for hydroxylation is 1. The molecule has 0 fully saturated rings. The molecule has 0 heterocycles. The molecule has 0 radical (unpaired) electrons. The molecule has 0 aliphatic carbocycles. The monoisotopic (exact) mass is 290 g/mol. The van der Waals surface area contributed by atoms with Gasteiger partial charge >= 0.3 is 0 Å². The van der Waals surface area contributed by atoms with Crippen LogP contribution in [-0.2, 0) is 10.0 Å². The second-order valence-electron chi connectivity index (χ2n) is 4.38. The minimum Gasteiger partial charge on any atom is -0.398 e. The first-order valence-corrected chi connectivity index (χ1v) is 7.01. The van der Waals surface area contributed by atoms with E-state index in [-0.39, 0.29) is 4.90 Å². The lowest BCUT2D eigenvalue weighted by Crippen LogP contribution is -2.56. The van der Waals surface area contributed by atoms with E-state index in [1.807, 2.05) is 0 Å². The van der Waals surface area contributed by atoms with Crippen LogP contribution in [0.1, 0.15) is 5.56 Å².